The van der Waals surface area contributed by atoms with Crippen LogP contribution in [0.3, 0.4) is 0 Å². The first-order valence-electron chi connectivity index (χ1n) is 9.23. The maximum atomic E-state index is 14.6. The Bertz CT molecular complexity index is 1140. The highest BCUT2D eigenvalue weighted by Gasteiger charge is 2.31. The van der Waals surface area contributed by atoms with Crippen LogP contribution in [0, 0.1) is 11.6 Å². The Kier molecular flexibility index (Phi) is 5.46. The lowest BCUT2D eigenvalue weighted by Gasteiger charge is -2.16. The Morgan fingerprint density at radius 3 is 2.57 bits per heavy atom. The number of pyridine rings is 1. The average Bonchev–Trinajstić information content (AvgIpc) is 3.16. The van der Waals surface area contributed by atoms with E-state index in [1.54, 1.807) is 18.2 Å². The molecular weight excluding hydrogens is 412 g/mol. The second kappa shape index (κ2) is 8.20. The molecule has 2 aromatic carbocycles. The summed E-state index contributed by atoms with van der Waals surface area (Å²) < 4.78 is 27.9. The molecule has 0 fully saturated rings. The molecule has 2 amide bonds. The quantitative estimate of drug-likeness (QED) is 0.635. The van der Waals surface area contributed by atoms with E-state index in [4.69, 9.17) is 11.6 Å². The second-order valence-corrected chi connectivity index (χ2v) is 7.26. The number of rotatable bonds is 4. The first kappa shape index (κ1) is 20.0. The standard InChI is InChI=1S/C22H16ClF2N3O2/c23-15-11-12(4-7-16(15)24)27-21(29)14-5-8-17(25)20-13(14)6-9-18(20)28-22(30)19-3-1-2-10-26-19/h1-5,7-8,10-11,18H,6,9H2,(H,27,29)(H,28,30). The summed E-state index contributed by atoms with van der Waals surface area (Å²) >= 11 is 5.75. The number of carbonyl (C=O) groups is 2. The van der Waals surface area contributed by atoms with Crippen LogP contribution in [0.15, 0.2) is 54.7 Å². The summed E-state index contributed by atoms with van der Waals surface area (Å²) in [5.41, 5.74) is 1.67. The van der Waals surface area contributed by atoms with Gasteiger partial charge in [0.05, 0.1) is 11.1 Å². The number of nitrogens with one attached hydrogen (secondary N) is 2. The van der Waals surface area contributed by atoms with Gasteiger partial charge in [-0.15, -0.1) is 0 Å². The van der Waals surface area contributed by atoms with Gasteiger partial charge in [-0.05, 0) is 60.9 Å². The van der Waals surface area contributed by atoms with E-state index >= 15 is 0 Å². The van der Waals surface area contributed by atoms with Crippen molar-refractivity contribution in [3.05, 3.63) is 93.8 Å². The van der Waals surface area contributed by atoms with Crippen LogP contribution >= 0.6 is 11.6 Å². The van der Waals surface area contributed by atoms with Gasteiger partial charge in [-0.25, -0.2) is 8.78 Å². The van der Waals surface area contributed by atoms with Gasteiger partial charge in [0.1, 0.15) is 17.3 Å². The molecule has 30 heavy (non-hydrogen) atoms. The molecule has 1 heterocycles. The number of halogens is 3. The molecule has 0 aliphatic heterocycles. The predicted octanol–water partition coefficient (Wildman–Crippen LogP) is 4.68. The zero-order valence-corrected chi connectivity index (χ0v) is 16.3. The molecule has 2 N–H and O–H groups in total. The third-order valence-electron chi connectivity index (χ3n) is 4.96. The Balaban J connectivity index is 1.58. The van der Waals surface area contributed by atoms with E-state index in [2.05, 4.69) is 15.6 Å². The van der Waals surface area contributed by atoms with Crippen molar-refractivity contribution in [3.8, 4) is 0 Å². The van der Waals surface area contributed by atoms with Gasteiger partial charge in [-0.1, -0.05) is 17.7 Å². The number of carbonyl (C=O) groups excluding carboxylic acids is 2. The Morgan fingerprint density at radius 2 is 1.83 bits per heavy atom. The molecule has 3 aromatic rings. The molecule has 1 atom stereocenters. The highest BCUT2D eigenvalue weighted by molar-refractivity contribution is 6.31. The smallest absolute Gasteiger partial charge is 0.270 e. The van der Waals surface area contributed by atoms with Gasteiger partial charge in [-0.2, -0.15) is 0 Å². The Hall–Kier alpha value is -3.32. The summed E-state index contributed by atoms with van der Waals surface area (Å²) in [7, 11) is 0. The largest absolute Gasteiger partial charge is 0.344 e. The first-order chi connectivity index (χ1) is 14.4. The summed E-state index contributed by atoms with van der Waals surface area (Å²) in [6, 6.07) is 10.8. The van der Waals surface area contributed by atoms with Crippen molar-refractivity contribution in [2.45, 2.75) is 18.9 Å². The van der Waals surface area contributed by atoms with Gasteiger partial charge in [0.25, 0.3) is 11.8 Å². The highest BCUT2D eigenvalue weighted by Crippen LogP contribution is 2.36. The van der Waals surface area contributed by atoms with E-state index in [-0.39, 0.29) is 10.7 Å². The van der Waals surface area contributed by atoms with Crippen molar-refractivity contribution in [2.75, 3.05) is 5.32 Å². The van der Waals surface area contributed by atoms with Crippen molar-refractivity contribution in [3.63, 3.8) is 0 Å². The molecule has 152 valence electrons. The van der Waals surface area contributed by atoms with Crippen molar-refractivity contribution in [1.82, 2.24) is 10.3 Å². The monoisotopic (exact) mass is 427 g/mol. The van der Waals surface area contributed by atoms with Gasteiger partial charge >= 0.3 is 0 Å². The fourth-order valence-electron chi connectivity index (χ4n) is 3.57. The van der Waals surface area contributed by atoms with Gasteiger partial charge in [0.15, 0.2) is 0 Å². The summed E-state index contributed by atoms with van der Waals surface area (Å²) in [6.45, 7) is 0. The maximum Gasteiger partial charge on any atom is 0.270 e. The molecule has 1 aliphatic carbocycles. The molecule has 0 radical (unpaired) electrons. The topological polar surface area (TPSA) is 71.1 Å². The molecule has 0 saturated carbocycles. The number of aromatic nitrogens is 1. The van der Waals surface area contributed by atoms with E-state index in [1.807, 2.05) is 0 Å². The van der Waals surface area contributed by atoms with Crippen molar-refractivity contribution in [2.24, 2.45) is 0 Å². The first-order valence-corrected chi connectivity index (χ1v) is 9.61. The molecule has 0 spiro atoms. The summed E-state index contributed by atoms with van der Waals surface area (Å²) in [6.07, 6.45) is 2.38. The zero-order valence-electron chi connectivity index (χ0n) is 15.6. The molecule has 8 heteroatoms. The number of hydrogen-bond donors (Lipinski definition) is 2. The van der Waals surface area contributed by atoms with E-state index in [9.17, 15) is 18.4 Å². The average molecular weight is 428 g/mol. The molecule has 0 bridgehead atoms. The van der Waals surface area contributed by atoms with Crippen LogP contribution in [0.4, 0.5) is 14.5 Å². The normalized spacial score (nSPS) is 14.8. The van der Waals surface area contributed by atoms with Crippen LogP contribution in [-0.4, -0.2) is 16.8 Å². The third kappa shape index (κ3) is 3.89. The SMILES string of the molecule is O=C(NC1CCc2c(C(=O)Nc3ccc(F)c(Cl)c3)ccc(F)c21)c1ccccn1. The van der Waals surface area contributed by atoms with Crippen LogP contribution in [0.25, 0.3) is 0 Å². The van der Waals surface area contributed by atoms with Crippen LogP contribution in [-0.2, 0) is 6.42 Å². The summed E-state index contributed by atoms with van der Waals surface area (Å²) in [5, 5.41) is 5.32. The summed E-state index contributed by atoms with van der Waals surface area (Å²) in [5.74, 6) is -1.96. The van der Waals surface area contributed by atoms with Crippen LogP contribution in [0.1, 0.15) is 44.4 Å². The molecule has 4 rings (SSSR count). The minimum absolute atomic E-state index is 0.116. The van der Waals surface area contributed by atoms with Crippen molar-refractivity contribution < 1.29 is 18.4 Å². The van der Waals surface area contributed by atoms with Gasteiger partial charge in [0.2, 0.25) is 0 Å². The van der Waals surface area contributed by atoms with Gasteiger partial charge in [0, 0.05) is 23.0 Å². The number of fused-ring (bicyclic) bond motifs is 1. The number of nitrogens with zero attached hydrogens (tertiary/aromatic N) is 1. The third-order valence-corrected chi connectivity index (χ3v) is 5.25. The van der Waals surface area contributed by atoms with E-state index in [1.165, 1.54) is 30.5 Å². The molecular formula is C22H16ClF2N3O2. The van der Waals surface area contributed by atoms with Gasteiger partial charge < -0.3 is 10.6 Å². The minimum Gasteiger partial charge on any atom is -0.344 e. The predicted molar refractivity (Wildman–Crippen MR) is 109 cm³/mol. The molecule has 0 saturated heterocycles. The second-order valence-electron chi connectivity index (χ2n) is 6.85. The number of benzene rings is 2. The van der Waals surface area contributed by atoms with Gasteiger partial charge in [-0.3, -0.25) is 14.6 Å². The Morgan fingerprint density at radius 1 is 1.03 bits per heavy atom. The van der Waals surface area contributed by atoms with Crippen molar-refractivity contribution in [1.29, 1.82) is 0 Å². The number of amides is 2. The Labute approximate surface area is 176 Å². The van der Waals surface area contributed by atoms with Crippen LogP contribution in [0.5, 0.6) is 0 Å². The molecule has 1 unspecified atom stereocenters. The van der Waals surface area contributed by atoms with Crippen LogP contribution < -0.4 is 10.6 Å². The zero-order chi connectivity index (χ0) is 21.3. The van der Waals surface area contributed by atoms with E-state index < -0.39 is 29.5 Å². The molecule has 5 nitrogen and oxygen atoms in total. The van der Waals surface area contributed by atoms with Crippen molar-refractivity contribution >= 4 is 29.1 Å². The minimum atomic E-state index is -0.594. The fourth-order valence-corrected chi connectivity index (χ4v) is 3.75. The lowest BCUT2D eigenvalue weighted by atomic mass is 10.0. The van der Waals surface area contributed by atoms with Crippen LogP contribution in [0.2, 0.25) is 5.02 Å². The molecule has 1 aromatic heterocycles. The highest BCUT2D eigenvalue weighted by atomic mass is 35.5. The number of anilines is 1. The maximum absolute atomic E-state index is 14.6. The number of hydrogen-bond acceptors (Lipinski definition) is 3. The fraction of sp³-hybridized carbons (Fsp3) is 0.136. The van der Waals surface area contributed by atoms with E-state index in [0.717, 1.165) is 6.07 Å². The lowest BCUT2D eigenvalue weighted by molar-refractivity contribution is 0.0930. The van der Waals surface area contributed by atoms with E-state index in [0.29, 0.717) is 35.2 Å². The lowest BCUT2D eigenvalue weighted by Crippen LogP contribution is -2.28. The molecule has 1 aliphatic rings. The summed E-state index contributed by atoms with van der Waals surface area (Å²) in [4.78, 5) is 29.2.